The van der Waals surface area contributed by atoms with Crippen molar-refractivity contribution < 1.29 is 22.7 Å². The van der Waals surface area contributed by atoms with Gasteiger partial charge in [0.15, 0.2) is 0 Å². The number of carbonyl (C=O) groups is 2. The van der Waals surface area contributed by atoms with E-state index in [0.717, 1.165) is 16.1 Å². The van der Waals surface area contributed by atoms with E-state index in [1.807, 2.05) is 57.2 Å². The molecule has 1 N–H and O–H groups in total. The molecule has 0 bridgehead atoms. The third-order valence-electron chi connectivity index (χ3n) is 6.31. The lowest BCUT2D eigenvalue weighted by atomic mass is 10.0. The van der Waals surface area contributed by atoms with Crippen LogP contribution in [-0.2, 0) is 32.6 Å². The zero-order valence-corrected chi connectivity index (χ0v) is 25.5. The fraction of sp³-hybridized carbons (Fsp3) is 0.355. The van der Waals surface area contributed by atoms with Gasteiger partial charge >= 0.3 is 0 Å². The van der Waals surface area contributed by atoms with Gasteiger partial charge in [-0.25, -0.2) is 8.42 Å². The number of carbonyl (C=O) groups excluding carboxylic acids is 2. The summed E-state index contributed by atoms with van der Waals surface area (Å²) in [5.74, 6) is -0.0491. The number of amides is 2. The number of nitrogens with zero attached hydrogens (tertiary/aromatic N) is 2. The summed E-state index contributed by atoms with van der Waals surface area (Å²) >= 11 is 6.24. The fourth-order valence-corrected chi connectivity index (χ4v) is 5.36. The highest BCUT2D eigenvalue weighted by Gasteiger charge is 2.33. The molecule has 0 saturated carbocycles. The Labute approximate surface area is 248 Å². The summed E-state index contributed by atoms with van der Waals surface area (Å²) in [6.45, 7) is 6.30. The lowest BCUT2D eigenvalue weighted by molar-refractivity contribution is -0.140. The fourth-order valence-electron chi connectivity index (χ4n) is 4.30. The van der Waals surface area contributed by atoms with Gasteiger partial charge in [-0.1, -0.05) is 67.9 Å². The van der Waals surface area contributed by atoms with Crippen LogP contribution in [0.1, 0.15) is 31.9 Å². The molecule has 0 saturated heterocycles. The normalized spacial score (nSPS) is 12.0. The van der Waals surface area contributed by atoms with Crippen molar-refractivity contribution in [2.75, 3.05) is 30.3 Å². The number of rotatable bonds is 14. The van der Waals surface area contributed by atoms with Crippen molar-refractivity contribution in [3.05, 3.63) is 95.0 Å². The molecule has 2 amide bonds. The van der Waals surface area contributed by atoms with E-state index in [-0.39, 0.29) is 24.8 Å². The predicted molar refractivity (Wildman–Crippen MR) is 164 cm³/mol. The van der Waals surface area contributed by atoms with Crippen LogP contribution < -0.4 is 14.4 Å². The number of hydrogen-bond donors (Lipinski definition) is 1. The first-order valence-corrected chi connectivity index (χ1v) is 15.8. The van der Waals surface area contributed by atoms with Crippen LogP contribution >= 0.6 is 11.6 Å². The first-order valence-electron chi connectivity index (χ1n) is 13.5. The average Bonchev–Trinajstić information content (AvgIpc) is 2.93. The second-order valence-corrected chi connectivity index (χ2v) is 12.5. The van der Waals surface area contributed by atoms with Crippen LogP contribution in [0.15, 0.2) is 78.9 Å². The van der Waals surface area contributed by atoms with E-state index in [2.05, 4.69) is 5.32 Å². The van der Waals surface area contributed by atoms with Crippen LogP contribution in [0.2, 0.25) is 5.02 Å². The average molecular weight is 600 g/mol. The lowest BCUT2D eigenvalue weighted by Crippen LogP contribution is -2.53. The Morgan fingerprint density at radius 3 is 2.20 bits per heavy atom. The van der Waals surface area contributed by atoms with Gasteiger partial charge in [0.1, 0.15) is 18.3 Å². The molecule has 0 aliphatic rings. The van der Waals surface area contributed by atoms with E-state index >= 15 is 0 Å². The molecular weight excluding hydrogens is 562 g/mol. The Morgan fingerprint density at radius 2 is 1.61 bits per heavy atom. The monoisotopic (exact) mass is 599 g/mol. The minimum atomic E-state index is -3.85. The SMILES string of the molecule is CCOc1ccc(N(CC(=O)N(Cc2cccc(Cl)c2)[C@H](Cc2ccccc2)C(=O)NCC(C)C)S(C)(=O)=O)cc1. The van der Waals surface area contributed by atoms with Crippen LogP contribution in [0.4, 0.5) is 5.69 Å². The molecule has 0 aliphatic heterocycles. The Kier molecular flexibility index (Phi) is 11.6. The third kappa shape index (κ3) is 9.79. The molecule has 0 spiro atoms. The molecular formula is C31H38ClN3O5S. The number of hydrogen-bond acceptors (Lipinski definition) is 5. The van der Waals surface area contributed by atoms with Gasteiger partial charge in [0.2, 0.25) is 21.8 Å². The number of nitrogens with one attached hydrogen (secondary N) is 1. The van der Waals surface area contributed by atoms with Crippen molar-refractivity contribution in [2.45, 2.75) is 39.8 Å². The van der Waals surface area contributed by atoms with Crippen molar-refractivity contribution >= 4 is 39.1 Å². The maximum absolute atomic E-state index is 14.1. The van der Waals surface area contributed by atoms with Crippen LogP contribution in [-0.4, -0.2) is 57.1 Å². The van der Waals surface area contributed by atoms with E-state index in [9.17, 15) is 18.0 Å². The highest BCUT2D eigenvalue weighted by atomic mass is 35.5. The summed E-state index contributed by atoms with van der Waals surface area (Å²) in [6.07, 6.45) is 1.30. The molecule has 0 fully saturated rings. The first kappa shape index (κ1) is 32.0. The summed E-state index contributed by atoms with van der Waals surface area (Å²) in [5, 5.41) is 3.46. The van der Waals surface area contributed by atoms with Gasteiger partial charge in [0.05, 0.1) is 18.6 Å². The van der Waals surface area contributed by atoms with E-state index in [0.29, 0.717) is 35.2 Å². The first-order chi connectivity index (χ1) is 19.5. The van der Waals surface area contributed by atoms with Gasteiger partial charge in [-0.05, 0) is 60.4 Å². The zero-order chi connectivity index (χ0) is 30.0. The molecule has 41 heavy (non-hydrogen) atoms. The van der Waals surface area contributed by atoms with E-state index in [1.54, 1.807) is 42.5 Å². The van der Waals surface area contributed by atoms with Gasteiger partial charge in [0.25, 0.3) is 0 Å². The molecule has 10 heteroatoms. The molecule has 0 aliphatic carbocycles. The highest BCUT2D eigenvalue weighted by molar-refractivity contribution is 7.92. The zero-order valence-electron chi connectivity index (χ0n) is 23.9. The van der Waals surface area contributed by atoms with E-state index in [1.165, 1.54) is 4.90 Å². The molecule has 3 aromatic rings. The quantitative estimate of drug-likeness (QED) is 0.284. The summed E-state index contributed by atoms with van der Waals surface area (Å²) in [6, 6.07) is 22.1. The second kappa shape index (κ2) is 14.9. The Morgan fingerprint density at radius 1 is 0.951 bits per heavy atom. The van der Waals surface area contributed by atoms with Crippen molar-refractivity contribution in [1.82, 2.24) is 10.2 Å². The van der Waals surface area contributed by atoms with Gasteiger partial charge < -0.3 is 15.0 Å². The molecule has 0 radical (unpaired) electrons. The molecule has 220 valence electrons. The topological polar surface area (TPSA) is 96.0 Å². The number of benzene rings is 3. The van der Waals surface area contributed by atoms with Crippen molar-refractivity contribution in [3.8, 4) is 5.75 Å². The van der Waals surface area contributed by atoms with Crippen molar-refractivity contribution in [3.63, 3.8) is 0 Å². The van der Waals surface area contributed by atoms with Gasteiger partial charge in [-0.15, -0.1) is 0 Å². The van der Waals surface area contributed by atoms with Crippen molar-refractivity contribution in [1.29, 1.82) is 0 Å². The van der Waals surface area contributed by atoms with E-state index in [4.69, 9.17) is 16.3 Å². The second-order valence-electron chi connectivity index (χ2n) is 10.2. The number of anilines is 1. The Bertz CT molecular complexity index is 1400. The molecule has 0 aromatic heterocycles. The van der Waals surface area contributed by atoms with Gasteiger partial charge in [-0.2, -0.15) is 0 Å². The van der Waals surface area contributed by atoms with Crippen LogP contribution in [0, 0.1) is 5.92 Å². The molecule has 0 unspecified atom stereocenters. The molecule has 3 rings (SSSR count). The molecule has 3 aromatic carbocycles. The summed E-state index contributed by atoms with van der Waals surface area (Å²) in [5.41, 5.74) is 1.90. The minimum absolute atomic E-state index is 0.0624. The van der Waals surface area contributed by atoms with Gasteiger partial charge in [0, 0.05) is 24.5 Å². The molecule has 8 nitrogen and oxygen atoms in total. The van der Waals surface area contributed by atoms with E-state index < -0.39 is 28.5 Å². The summed E-state index contributed by atoms with van der Waals surface area (Å²) in [4.78, 5) is 29.2. The Hall–Kier alpha value is -3.56. The van der Waals surface area contributed by atoms with Crippen molar-refractivity contribution in [2.24, 2.45) is 5.92 Å². The standard InChI is InChI=1S/C31H38ClN3O5S/c1-5-40-28-16-14-27(15-17-28)35(41(4,38)39)22-30(36)34(21-25-12-9-13-26(32)18-25)29(31(37)33-20-23(2)3)19-24-10-7-6-8-11-24/h6-18,23,29H,5,19-22H2,1-4H3,(H,33,37)/t29-/m1/s1. The maximum Gasteiger partial charge on any atom is 0.244 e. The largest absolute Gasteiger partial charge is 0.494 e. The maximum atomic E-state index is 14.1. The lowest BCUT2D eigenvalue weighted by Gasteiger charge is -2.33. The van der Waals surface area contributed by atoms with Crippen LogP contribution in [0.5, 0.6) is 5.75 Å². The minimum Gasteiger partial charge on any atom is -0.494 e. The molecule has 0 heterocycles. The number of ether oxygens (including phenoxy) is 1. The third-order valence-corrected chi connectivity index (χ3v) is 7.69. The summed E-state index contributed by atoms with van der Waals surface area (Å²) < 4.78 is 32.3. The van der Waals surface area contributed by atoms with Crippen LogP contribution in [0.3, 0.4) is 0 Å². The Balaban J connectivity index is 2.02. The van der Waals surface area contributed by atoms with Gasteiger partial charge in [-0.3, -0.25) is 13.9 Å². The van der Waals surface area contributed by atoms with Crippen LogP contribution in [0.25, 0.3) is 0 Å². The number of sulfonamides is 1. The summed E-state index contributed by atoms with van der Waals surface area (Å²) in [7, 11) is -3.85. The predicted octanol–water partition coefficient (Wildman–Crippen LogP) is 4.92. The smallest absolute Gasteiger partial charge is 0.244 e. The number of halogens is 1. The highest BCUT2D eigenvalue weighted by Crippen LogP contribution is 2.23. The molecule has 1 atom stereocenters.